The Kier molecular flexibility index (Phi) is 5.49. The van der Waals surface area contributed by atoms with Gasteiger partial charge < -0.3 is 4.74 Å². The number of hydrogen-bond acceptors (Lipinski definition) is 4. The van der Waals surface area contributed by atoms with E-state index >= 15 is 0 Å². The molecule has 0 radical (unpaired) electrons. The highest BCUT2D eigenvalue weighted by Crippen LogP contribution is 2.25. The molecule has 0 aliphatic heterocycles. The average Bonchev–Trinajstić information content (AvgIpc) is 2.51. The quantitative estimate of drug-likeness (QED) is 0.681. The van der Waals surface area contributed by atoms with E-state index in [2.05, 4.69) is 15.5 Å². The van der Waals surface area contributed by atoms with Gasteiger partial charge >= 0.3 is 0 Å². The maximum absolute atomic E-state index is 11.7. The molecule has 0 saturated carbocycles. The molecular weight excluding hydrogens is 302 g/mol. The van der Waals surface area contributed by atoms with Crippen LogP contribution in [-0.4, -0.2) is 23.7 Å². The minimum atomic E-state index is -0.337. The maximum Gasteiger partial charge on any atom is 0.277 e. The van der Waals surface area contributed by atoms with Crippen molar-refractivity contribution in [2.45, 2.75) is 13.8 Å². The Hall–Kier alpha value is -2.40. The van der Waals surface area contributed by atoms with Crippen molar-refractivity contribution >= 4 is 23.7 Å². The third kappa shape index (κ3) is 4.56. The molecule has 0 bridgehead atoms. The van der Waals surface area contributed by atoms with E-state index in [-0.39, 0.29) is 12.5 Å². The lowest BCUT2D eigenvalue weighted by molar-refractivity contribution is -0.123. The summed E-state index contributed by atoms with van der Waals surface area (Å²) < 4.78 is 5.43. The molecule has 0 saturated heterocycles. The largest absolute Gasteiger partial charge is 0.484 e. The number of aromatic nitrogens is 1. The lowest BCUT2D eigenvalue weighted by atomic mass is 10.1. The van der Waals surface area contributed by atoms with Gasteiger partial charge in [0.2, 0.25) is 0 Å². The van der Waals surface area contributed by atoms with Gasteiger partial charge in [-0.25, -0.2) is 5.43 Å². The summed E-state index contributed by atoms with van der Waals surface area (Å²) in [5.41, 5.74) is 5.07. The predicted octanol–water partition coefficient (Wildman–Crippen LogP) is 2.88. The number of hydrogen-bond donors (Lipinski definition) is 1. The van der Waals surface area contributed by atoms with E-state index in [1.165, 1.54) is 6.21 Å². The van der Waals surface area contributed by atoms with Crippen LogP contribution in [0, 0.1) is 13.8 Å². The Balaban J connectivity index is 1.84. The minimum absolute atomic E-state index is 0.117. The first kappa shape index (κ1) is 16.0. The molecule has 114 valence electrons. The molecule has 6 heteroatoms. The average molecular weight is 318 g/mol. The van der Waals surface area contributed by atoms with E-state index < -0.39 is 0 Å². The standard InChI is InChI=1S/C16H16ClN3O2/c1-11-7-14(8-12(2)16(11)17)22-10-15(21)20-19-9-13-3-5-18-6-4-13/h3-9H,10H2,1-2H3,(H,20,21)/b19-9+. The number of benzene rings is 1. The molecule has 0 unspecified atom stereocenters. The number of carbonyl (C=O) groups excluding carboxylic acids is 1. The van der Waals surface area contributed by atoms with Crippen molar-refractivity contribution < 1.29 is 9.53 Å². The van der Waals surface area contributed by atoms with Crippen LogP contribution in [0.25, 0.3) is 0 Å². The zero-order valence-corrected chi connectivity index (χ0v) is 13.1. The molecule has 2 aromatic rings. The zero-order valence-electron chi connectivity index (χ0n) is 12.3. The van der Waals surface area contributed by atoms with Crippen LogP contribution in [0.5, 0.6) is 5.75 Å². The summed E-state index contributed by atoms with van der Waals surface area (Å²) in [7, 11) is 0. The summed E-state index contributed by atoms with van der Waals surface area (Å²) >= 11 is 6.08. The number of rotatable bonds is 5. The third-order valence-electron chi connectivity index (χ3n) is 2.89. The summed E-state index contributed by atoms with van der Waals surface area (Å²) in [5.74, 6) is 0.267. The van der Waals surface area contributed by atoms with Gasteiger partial charge in [-0.3, -0.25) is 9.78 Å². The Morgan fingerprint density at radius 2 is 1.95 bits per heavy atom. The number of aryl methyl sites for hydroxylation is 2. The van der Waals surface area contributed by atoms with Crippen molar-refractivity contribution in [2.75, 3.05) is 6.61 Å². The highest BCUT2D eigenvalue weighted by atomic mass is 35.5. The molecule has 0 fully saturated rings. The first-order valence-corrected chi connectivity index (χ1v) is 7.05. The Labute approximate surface area is 134 Å². The van der Waals surface area contributed by atoms with E-state index in [4.69, 9.17) is 16.3 Å². The molecule has 0 aliphatic carbocycles. The van der Waals surface area contributed by atoms with Crippen LogP contribution < -0.4 is 10.2 Å². The summed E-state index contributed by atoms with van der Waals surface area (Å²) in [6.45, 7) is 3.66. The SMILES string of the molecule is Cc1cc(OCC(=O)N/N=C/c2ccncc2)cc(C)c1Cl. The molecule has 0 atom stereocenters. The van der Waals surface area contributed by atoms with Crippen LogP contribution >= 0.6 is 11.6 Å². The van der Waals surface area contributed by atoms with Crippen LogP contribution in [0.3, 0.4) is 0 Å². The second-order valence-corrected chi connectivity index (χ2v) is 5.11. The fraction of sp³-hybridized carbons (Fsp3) is 0.188. The maximum atomic E-state index is 11.7. The Morgan fingerprint density at radius 1 is 1.32 bits per heavy atom. The van der Waals surface area contributed by atoms with Crippen molar-refractivity contribution in [1.29, 1.82) is 0 Å². The van der Waals surface area contributed by atoms with Crippen molar-refractivity contribution in [3.05, 3.63) is 58.4 Å². The topological polar surface area (TPSA) is 63.6 Å². The van der Waals surface area contributed by atoms with Crippen molar-refractivity contribution in [3.63, 3.8) is 0 Å². The van der Waals surface area contributed by atoms with Gasteiger partial charge in [0, 0.05) is 17.4 Å². The summed E-state index contributed by atoms with van der Waals surface area (Å²) in [4.78, 5) is 15.5. The van der Waals surface area contributed by atoms with E-state index in [0.29, 0.717) is 10.8 Å². The Bertz CT molecular complexity index is 664. The van der Waals surface area contributed by atoms with E-state index in [1.54, 1.807) is 36.7 Å². The lowest BCUT2D eigenvalue weighted by Gasteiger charge is -2.09. The third-order valence-corrected chi connectivity index (χ3v) is 3.49. The van der Waals surface area contributed by atoms with Gasteiger partial charge in [0.1, 0.15) is 5.75 Å². The van der Waals surface area contributed by atoms with Crippen LogP contribution in [-0.2, 0) is 4.79 Å². The molecule has 22 heavy (non-hydrogen) atoms. The molecular formula is C16H16ClN3O2. The fourth-order valence-corrected chi connectivity index (χ4v) is 1.91. The predicted molar refractivity (Wildman–Crippen MR) is 86.4 cm³/mol. The van der Waals surface area contributed by atoms with Crippen LogP contribution in [0.4, 0.5) is 0 Å². The zero-order chi connectivity index (χ0) is 15.9. The summed E-state index contributed by atoms with van der Waals surface area (Å²) in [6.07, 6.45) is 4.84. The van der Waals surface area contributed by atoms with Gasteiger partial charge in [-0.05, 0) is 54.8 Å². The second-order valence-electron chi connectivity index (χ2n) is 4.73. The first-order chi connectivity index (χ1) is 10.6. The molecule has 1 N–H and O–H groups in total. The van der Waals surface area contributed by atoms with Gasteiger partial charge in [-0.1, -0.05) is 11.6 Å². The molecule has 1 amide bonds. The van der Waals surface area contributed by atoms with Gasteiger partial charge in [-0.15, -0.1) is 0 Å². The number of hydrazone groups is 1. The second kappa shape index (κ2) is 7.56. The van der Waals surface area contributed by atoms with Gasteiger partial charge in [0.25, 0.3) is 5.91 Å². The summed E-state index contributed by atoms with van der Waals surface area (Å²) in [5, 5.41) is 4.56. The van der Waals surface area contributed by atoms with E-state index in [0.717, 1.165) is 16.7 Å². The van der Waals surface area contributed by atoms with Crippen LogP contribution in [0.1, 0.15) is 16.7 Å². The van der Waals surface area contributed by atoms with Gasteiger partial charge in [0.05, 0.1) is 6.21 Å². The molecule has 1 heterocycles. The lowest BCUT2D eigenvalue weighted by Crippen LogP contribution is -2.24. The normalized spacial score (nSPS) is 10.7. The number of carbonyl (C=O) groups is 1. The van der Waals surface area contributed by atoms with E-state index in [1.807, 2.05) is 13.8 Å². The van der Waals surface area contributed by atoms with Crippen molar-refractivity contribution in [2.24, 2.45) is 5.10 Å². The van der Waals surface area contributed by atoms with Crippen LogP contribution in [0.2, 0.25) is 5.02 Å². The fourth-order valence-electron chi connectivity index (χ4n) is 1.80. The number of nitrogens with one attached hydrogen (secondary N) is 1. The molecule has 1 aromatic heterocycles. The Morgan fingerprint density at radius 3 is 2.59 bits per heavy atom. The molecule has 0 aliphatic rings. The highest BCUT2D eigenvalue weighted by molar-refractivity contribution is 6.32. The molecule has 1 aromatic carbocycles. The number of pyridine rings is 1. The smallest absolute Gasteiger partial charge is 0.277 e. The number of nitrogens with zero attached hydrogens (tertiary/aromatic N) is 2. The number of ether oxygens (including phenoxy) is 1. The minimum Gasteiger partial charge on any atom is -0.484 e. The molecule has 0 spiro atoms. The van der Waals surface area contributed by atoms with E-state index in [9.17, 15) is 4.79 Å². The van der Waals surface area contributed by atoms with Crippen molar-refractivity contribution in [1.82, 2.24) is 10.4 Å². The molecule has 2 rings (SSSR count). The number of halogens is 1. The molecule has 5 nitrogen and oxygen atoms in total. The highest BCUT2D eigenvalue weighted by Gasteiger charge is 2.06. The van der Waals surface area contributed by atoms with Gasteiger partial charge in [0.15, 0.2) is 6.61 Å². The monoisotopic (exact) mass is 317 g/mol. The first-order valence-electron chi connectivity index (χ1n) is 6.68. The van der Waals surface area contributed by atoms with Crippen LogP contribution in [0.15, 0.2) is 41.8 Å². The van der Waals surface area contributed by atoms with Gasteiger partial charge in [-0.2, -0.15) is 5.10 Å². The number of amides is 1. The summed E-state index contributed by atoms with van der Waals surface area (Å²) in [6, 6.07) is 7.16. The van der Waals surface area contributed by atoms with Crippen molar-refractivity contribution in [3.8, 4) is 5.75 Å².